The van der Waals surface area contributed by atoms with Gasteiger partial charge in [0, 0.05) is 17.7 Å². The van der Waals surface area contributed by atoms with Gasteiger partial charge in [0.1, 0.15) is 11.1 Å². The highest BCUT2D eigenvalue weighted by Crippen LogP contribution is 2.59. The fourth-order valence-corrected chi connectivity index (χ4v) is 10.5. The van der Waals surface area contributed by atoms with Crippen LogP contribution in [0.3, 0.4) is 0 Å². The molecule has 5 heteroatoms. The van der Waals surface area contributed by atoms with E-state index in [1.165, 1.54) is 56.7 Å². The Morgan fingerprint density at radius 2 is 1.93 bits per heavy atom. The Hall–Kier alpha value is -0.233. The van der Waals surface area contributed by atoms with Gasteiger partial charge in [-0.2, -0.15) is 0 Å². The Labute approximate surface area is 190 Å². The largest absolute Gasteiger partial charge is 0.414 e. The molecule has 2 saturated carbocycles. The number of nitrogens with zero attached hydrogens (tertiary/aromatic N) is 1. The second kappa shape index (κ2) is 10.6. The Kier molecular flexibility index (Phi) is 8.62. The zero-order valence-electron chi connectivity index (χ0n) is 20.0. The minimum Gasteiger partial charge on any atom is -0.414 e. The van der Waals surface area contributed by atoms with Crippen molar-refractivity contribution in [3.05, 3.63) is 16.6 Å². The summed E-state index contributed by atoms with van der Waals surface area (Å²) >= 11 is 1.57. The predicted octanol–water partition coefficient (Wildman–Crippen LogP) is 7.59. The molecular weight excluding hydrogens is 406 g/mol. The van der Waals surface area contributed by atoms with Gasteiger partial charge in [-0.25, -0.2) is 4.98 Å². The Bertz CT molecular complexity index is 627. The number of fused-ring (bicyclic) bond motifs is 1. The van der Waals surface area contributed by atoms with Crippen LogP contribution in [0.5, 0.6) is 0 Å². The number of aliphatic hydroxyl groups excluding tert-OH is 1. The molecule has 0 aromatic carbocycles. The number of rotatable bonds is 11. The van der Waals surface area contributed by atoms with Crippen LogP contribution in [0, 0.1) is 23.2 Å². The minimum absolute atomic E-state index is 0.383. The summed E-state index contributed by atoms with van der Waals surface area (Å²) in [4.78, 5) is 4.27. The minimum atomic E-state index is -1.54. The number of hydrogen-bond donors (Lipinski definition) is 1. The summed E-state index contributed by atoms with van der Waals surface area (Å²) in [5.74, 6) is 2.30. The lowest BCUT2D eigenvalue weighted by molar-refractivity contribution is -0.0205. The molecule has 1 aromatic heterocycles. The zero-order chi connectivity index (χ0) is 21.8. The molecule has 0 radical (unpaired) electrons. The van der Waals surface area contributed by atoms with Crippen LogP contribution in [0.2, 0.25) is 18.1 Å². The van der Waals surface area contributed by atoms with Gasteiger partial charge in [-0.1, -0.05) is 53.9 Å². The third kappa shape index (κ3) is 5.05. The van der Waals surface area contributed by atoms with Crippen LogP contribution in [0.15, 0.2) is 11.6 Å². The van der Waals surface area contributed by atoms with Crippen LogP contribution in [-0.2, 0) is 4.43 Å². The molecule has 2 fully saturated rings. The molecule has 0 saturated heterocycles. The third-order valence-corrected chi connectivity index (χ3v) is 14.6. The van der Waals surface area contributed by atoms with Crippen molar-refractivity contribution < 1.29 is 9.53 Å². The zero-order valence-corrected chi connectivity index (χ0v) is 21.8. The molecule has 3 rings (SSSR count). The maximum absolute atomic E-state index is 10.4. The Morgan fingerprint density at radius 1 is 1.20 bits per heavy atom. The molecule has 0 amide bonds. The number of aliphatic hydroxyl groups is 1. The summed E-state index contributed by atoms with van der Waals surface area (Å²) in [5.41, 5.74) is 0.450. The fourth-order valence-electron chi connectivity index (χ4n) is 6.91. The van der Waals surface area contributed by atoms with Gasteiger partial charge in [0.2, 0.25) is 0 Å². The first kappa shape index (κ1) is 24.4. The summed E-state index contributed by atoms with van der Waals surface area (Å²) in [6, 6.07) is 3.80. The standard InChI is InChI=1S/C25H45NO2SSi/c1-6-30(7-2,8-3)28-23-13-10-16-25(5)20(14-15-21(23)25)19(4)11-9-12-22(27)24-26-17-18-29-24/h17-23,27H,6-16H2,1-5H3/t19-,20-,21+,22?,23?,25-/m1/s1. The predicted molar refractivity (Wildman–Crippen MR) is 130 cm³/mol. The molecular formula is C25H45NO2SSi. The van der Waals surface area contributed by atoms with Crippen LogP contribution >= 0.6 is 11.3 Å². The molecule has 172 valence electrons. The second-order valence-corrected chi connectivity index (χ2v) is 16.0. The van der Waals surface area contributed by atoms with E-state index >= 15 is 0 Å². The van der Waals surface area contributed by atoms with Crippen molar-refractivity contribution >= 4 is 19.7 Å². The summed E-state index contributed by atoms with van der Waals surface area (Å²) in [6.45, 7) is 12.2. The normalized spacial score (nSPS) is 31.5. The molecule has 2 aliphatic rings. The van der Waals surface area contributed by atoms with Crippen molar-refractivity contribution in [2.75, 3.05) is 0 Å². The van der Waals surface area contributed by atoms with E-state index in [0.717, 1.165) is 35.6 Å². The van der Waals surface area contributed by atoms with Crippen molar-refractivity contribution in [1.29, 1.82) is 0 Å². The summed E-state index contributed by atoms with van der Waals surface area (Å²) in [5, 5.41) is 13.2. The number of aromatic nitrogens is 1. The number of thiazole rings is 1. The van der Waals surface area contributed by atoms with Gasteiger partial charge in [0.15, 0.2) is 8.32 Å². The highest BCUT2D eigenvalue weighted by atomic mass is 32.1. The van der Waals surface area contributed by atoms with E-state index in [0.29, 0.717) is 11.5 Å². The molecule has 1 N–H and O–H groups in total. The lowest BCUT2D eigenvalue weighted by atomic mass is 9.61. The van der Waals surface area contributed by atoms with Gasteiger partial charge >= 0.3 is 0 Å². The third-order valence-electron chi connectivity index (χ3n) is 9.03. The van der Waals surface area contributed by atoms with Crippen LogP contribution < -0.4 is 0 Å². The van der Waals surface area contributed by atoms with Gasteiger partial charge in [-0.3, -0.25) is 0 Å². The summed E-state index contributed by atoms with van der Waals surface area (Å²) in [7, 11) is -1.54. The maximum Gasteiger partial charge on any atom is 0.192 e. The lowest BCUT2D eigenvalue weighted by Gasteiger charge is -2.49. The van der Waals surface area contributed by atoms with Crippen molar-refractivity contribution in [2.24, 2.45) is 23.2 Å². The molecule has 0 aliphatic heterocycles. The molecule has 2 unspecified atom stereocenters. The van der Waals surface area contributed by atoms with E-state index in [-0.39, 0.29) is 6.10 Å². The van der Waals surface area contributed by atoms with Crippen LogP contribution in [0.25, 0.3) is 0 Å². The average Bonchev–Trinajstić information content (AvgIpc) is 3.40. The highest BCUT2D eigenvalue weighted by Gasteiger charge is 2.53. The first-order valence-electron chi connectivity index (χ1n) is 12.6. The average molecular weight is 452 g/mol. The van der Waals surface area contributed by atoms with Crippen molar-refractivity contribution in [3.63, 3.8) is 0 Å². The summed E-state index contributed by atoms with van der Waals surface area (Å²) < 4.78 is 7.09. The van der Waals surface area contributed by atoms with E-state index in [9.17, 15) is 5.11 Å². The van der Waals surface area contributed by atoms with Gasteiger partial charge in [0.05, 0.1) is 0 Å². The van der Waals surface area contributed by atoms with Crippen LogP contribution in [-0.4, -0.2) is 24.5 Å². The lowest BCUT2D eigenvalue weighted by Crippen LogP contribution is -2.48. The smallest absolute Gasteiger partial charge is 0.192 e. The van der Waals surface area contributed by atoms with E-state index in [4.69, 9.17) is 4.43 Å². The monoisotopic (exact) mass is 451 g/mol. The molecule has 3 nitrogen and oxygen atoms in total. The van der Waals surface area contributed by atoms with Crippen molar-refractivity contribution in [2.45, 2.75) is 116 Å². The highest BCUT2D eigenvalue weighted by molar-refractivity contribution is 7.09. The Morgan fingerprint density at radius 3 is 2.57 bits per heavy atom. The first-order valence-corrected chi connectivity index (χ1v) is 16.0. The van der Waals surface area contributed by atoms with Crippen LogP contribution in [0.4, 0.5) is 0 Å². The molecule has 0 spiro atoms. The Balaban J connectivity index is 1.58. The van der Waals surface area contributed by atoms with Gasteiger partial charge in [-0.15, -0.1) is 11.3 Å². The van der Waals surface area contributed by atoms with Gasteiger partial charge < -0.3 is 9.53 Å². The molecule has 30 heavy (non-hydrogen) atoms. The first-order chi connectivity index (χ1) is 14.4. The second-order valence-electron chi connectivity index (χ2n) is 10.4. The molecule has 0 bridgehead atoms. The van der Waals surface area contributed by atoms with E-state index < -0.39 is 8.32 Å². The maximum atomic E-state index is 10.4. The summed E-state index contributed by atoms with van der Waals surface area (Å²) in [6.07, 6.45) is 11.8. The van der Waals surface area contributed by atoms with E-state index in [1.807, 2.05) is 5.38 Å². The molecule has 6 atom stereocenters. The van der Waals surface area contributed by atoms with Gasteiger partial charge in [0.25, 0.3) is 0 Å². The quantitative estimate of drug-likeness (QED) is 0.352. The molecule has 1 aromatic rings. The van der Waals surface area contributed by atoms with E-state index in [2.05, 4.69) is 39.6 Å². The van der Waals surface area contributed by atoms with E-state index in [1.54, 1.807) is 17.5 Å². The SMILES string of the molecule is CC[Si](CC)(CC)OC1CCC[C@]2(C)[C@@H]([C@H](C)CCCC(O)c3nccs3)CC[C@@H]12. The van der Waals surface area contributed by atoms with Gasteiger partial charge in [-0.05, 0) is 73.4 Å². The number of hydrogen-bond acceptors (Lipinski definition) is 4. The van der Waals surface area contributed by atoms with Crippen LogP contribution in [0.1, 0.15) is 97.1 Å². The topological polar surface area (TPSA) is 42.4 Å². The molecule has 1 heterocycles. The van der Waals surface area contributed by atoms with Crippen molar-refractivity contribution in [3.8, 4) is 0 Å². The fraction of sp³-hybridized carbons (Fsp3) is 0.880. The van der Waals surface area contributed by atoms with Crippen molar-refractivity contribution in [1.82, 2.24) is 4.98 Å². The molecule has 2 aliphatic carbocycles.